The van der Waals surface area contributed by atoms with Crippen LogP contribution in [0.5, 0.6) is 5.75 Å². The molecule has 0 saturated heterocycles. The molecule has 7 heteroatoms. The lowest BCUT2D eigenvalue weighted by Crippen LogP contribution is -2.22. The van der Waals surface area contributed by atoms with Crippen LogP contribution >= 0.6 is 11.3 Å². The number of carbonyl (C=O) groups excluding carboxylic acids is 3. The van der Waals surface area contributed by atoms with Crippen LogP contribution in [0.15, 0.2) is 42.5 Å². The number of ketones is 1. The molecule has 0 fully saturated rings. The van der Waals surface area contributed by atoms with E-state index < -0.39 is 5.97 Å². The quantitative estimate of drug-likeness (QED) is 0.510. The summed E-state index contributed by atoms with van der Waals surface area (Å²) in [4.78, 5) is 36.1. The molecular weight excluding hydrogens is 354 g/mol. The highest BCUT2D eigenvalue weighted by Crippen LogP contribution is 2.17. The van der Waals surface area contributed by atoms with Crippen molar-refractivity contribution in [3.8, 4) is 5.75 Å². The van der Waals surface area contributed by atoms with E-state index in [-0.39, 0.29) is 31.3 Å². The largest absolute Gasteiger partial charge is 0.493 e. The van der Waals surface area contributed by atoms with Gasteiger partial charge < -0.3 is 14.8 Å². The Morgan fingerprint density at radius 2 is 1.85 bits per heavy atom. The Morgan fingerprint density at radius 3 is 2.58 bits per heavy atom. The van der Waals surface area contributed by atoms with Crippen LogP contribution in [-0.4, -0.2) is 37.4 Å². The number of hydrogen-bond acceptors (Lipinski definition) is 6. The average Bonchev–Trinajstić information content (AvgIpc) is 3.09. The van der Waals surface area contributed by atoms with Gasteiger partial charge in [-0.25, -0.2) is 0 Å². The number of thiophene rings is 1. The van der Waals surface area contributed by atoms with E-state index in [4.69, 9.17) is 9.47 Å². The van der Waals surface area contributed by atoms with Crippen LogP contribution in [-0.2, 0) is 20.7 Å². The van der Waals surface area contributed by atoms with E-state index in [0.29, 0.717) is 23.6 Å². The van der Waals surface area contributed by atoms with Crippen LogP contribution in [0.1, 0.15) is 27.9 Å². The highest BCUT2D eigenvalue weighted by Gasteiger charge is 2.12. The molecule has 0 aliphatic heterocycles. The number of esters is 1. The van der Waals surface area contributed by atoms with Crippen molar-refractivity contribution in [2.24, 2.45) is 0 Å². The summed E-state index contributed by atoms with van der Waals surface area (Å²) >= 11 is 1.34. The van der Waals surface area contributed by atoms with Crippen molar-refractivity contribution in [1.29, 1.82) is 0 Å². The summed E-state index contributed by atoms with van der Waals surface area (Å²) in [7, 11) is 0. The third kappa shape index (κ3) is 7.06. The minimum atomic E-state index is -0.475. The zero-order valence-electron chi connectivity index (χ0n) is 14.5. The van der Waals surface area contributed by atoms with Crippen molar-refractivity contribution >= 4 is 29.0 Å². The van der Waals surface area contributed by atoms with Gasteiger partial charge in [-0.1, -0.05) is 18.2 Å². The molecule has 2 rings (SSSR count). The first-order valence-corrected chi connectivity index (χ1v) is 9.06. The van der Waals surface area contributed by atoms with Crippen molar-refractivity contribution in [2.45, 2.75) is 19.8 Å². The van der Waals surface area contributed by atoms with Gasteiger partial charge in [-0.05, 0) is 30.7 Å². The molecule has 0 aliphatic carbocycles. The van der Waals surface area contributed by atoms with E-state index in [0.717, 1.165) is 4.88 Å². The summed E-state index contributed by atoms with van der Waals surface area (Å²) in [6.45, 7) is 1.90. The summed E-state index contributed by atoms with van der Waals surface area (Å²) in [6.07, 6.45) is 0.739. The van der Waals surface area contributed by atoms with Gasteiger partial charge in [0.15, 0.2) is 6.61 Å². The lowest BCUT2D eigenvalue weighted by Gasteiger charge is -2.06. The van der Waals surface area contributed by atoms with E-state index >= 15 is 0 Å². The number of hydrogen-bond donors (Lipinski definition) is 1. The zero-order chi connectivity index (χ0) is 18.8. The number of carbonyl (C=O) groups is 3. The van der Waals surface area contributed by atoms with Crippen molar-refractivity contribution in [3.63, 3.8) is 0 Å². The Bertz CT molecular complexity index is 741. The van der Waals surface area contributed by atoms with Gasteiger partial charge in [-0.2, -0.15) is 0 Å². The second-order valence-electron chi connectivity index (χ2n) is 5.49. The molecule has 1 heterocycles. The molecule has 2 aromatic rings. The summed E-state index contributed by atoms with van der Waals surface area (Å²) in [5.41, 5.74) is 0. The molecular formula is C19H21NO5S. The summed E-state index contributed by atoms with van der Waals surface area (Å²) in [5, 5.41) is 2.71. The molecule has 0 spiro atoms. The molecule has 0 radical (unpaired) electrons. The van der Waals surface area contributed by atoms with Crippen molar-refractivity contribution < 1.29 is 23.9 Å². The van der Waals surface area contributed by atoms with Crippen LogP contribution in [0.3, 0.4) is 0 Å². The molecule has 26 heavy (non-hydrogen) atoms. The Labute approximate surface area is 156 Å². The van der Waals surface area contributed by atoms with Crippen molar-refractivity contribution in [1.82, 2.24) is 5.32 Å². The maximum Gasteiger partial charge on any atom is 0.309 e. The molecule has 0 atom stereocenters. The Kier molecular flexibility index (Phi) is 7.82. The molecule has 0 unspecified atom stereocenters. The van der Waals surface area contributed by atoms with Gasteiger partial charge in [0.05, 0.1) is 17.9 Å². The highest BCUT2D eigenvalue weighted by atomic mass is 32.1. The highest BCUT2D eigenvalue weighted by molar-refractivity contribution is 7.14. The topological polar surface area (TPSA) is 81.7 Å². The molecule has 1 N–H and O–H groups in total. The zero-order valence-corrected chi connectivity index (χ0v) is 15.3. The predicted molar refractivity (Wildman–Crippen MR) is 98.6 cm³/mol. The lowest BCUT2D eigenvalue weighted by molar-refractivity contribution is -0.143. The van der Waals surface area contributed by atoms with Gasteiger partial charge >= 0.3 is 5.97 Å². The molecule has 0 aliphatic rings. The average molecular weight is 375 g/mol. The fraction of sp³-hybridized carbons (Fsp3) is 0.316. The van der Waals surface area contributed by atoms with Gasteiger partial charge in [-0.3, -0.25) is 14.4 Å². The van der Waals surface area contributed by atoms with E-state index in [9.17, 15) is 14.4 Å². The molecule has 138 valence electrons. The number of amides is 1. The monoisotopic (exact) mass is 375 g/mol. The first kappa shape index (κ1) is 19.7. The van der Waals surface area contributed by atoms with E-state index in [1.54, 1.807) is 18.2 Å². The number of benzene rings is 1. The minimum Gasteiger partial charge on any atom is -0.493 e. The van der Waals surface area contributed by atoms with Crippen molar-refractivity contribution in [2.75, 3.05) is 19.8 Å². The Balaban J connectivity index is 1.66. The standard InChI is InChI=1S/C19H21NO5S/c1-14(21)20-11-9-16-7-8-18(26-16)17(22)13-25-19(23)10-12-24-15-5-3-2-4-6-15/h2-8H,9-13H2,1H3,(H,20,21). The Hall–Kier alpha value is -2.67. The molecule has 6 nitrogen and oxygen atoms in total. The lowest BCUT2D eigenvalue weighted by atomic mass is 10.3. The summed E-state index contributed by atoms with van der Waals surface area (Å²) in [5.74, 6) is -0.113. The van der Waals surface area contributed by atoms with Crippen LogP contribution < -0.4 is 10.1 Å². The maximum atomic E-state index is 12.1. The molecule has 0 bridgehead atoms. The SMILES string of the molecule is CC(=O)NCCc1ccc(C(=O)COC(=O)CCOc2ccccc2)s1. The molecule has 0 saturated carbocycles. The number of para-hydroxylation sites is 1. The number of ether oxygens (including phenoxy) is 2. The van der Waals surface area contributed by atoms with E-state index in [2.05, 4.69) is 5.32 Å². The van der Waals surface area contributed by atoms with E-state index in [1.807, 2.05) is 24.3 Å². The van der Waals surface area contributed by atoms with Gasteiger partial charge in [0.2, 0.25) is 11.7 Å². The number of nitrogens with one attached hydrogen (secondary N) is 1. The second-order valence-corrected chi connectivity index (χ2v) is 6.66. The van der Waals surface area contributed by atoms with Crippen LogP contribution in [0, 0.1) is 0 Å². The normalized spacial score (nSPS) is 10.2. The number of Topliss-reactive ketones (excluding diaryl/α,β-unsaturated/α-hetero) is 1. The smallest absolute Gasteiger partial charge is 0.309 e. The minimum absolute atomic E-state index is 0.0780. The van der Waals surface area contributed by atoms with Gasteiger partial charge in [0.1, 0.15) is 5.75 Å². The van der Waals surface area contributed by atoms with Crippen LogP contribution in [0.25, 0.3) is 0 Å². The summed E-state index contributed by atoms with van der Waals surface area (Å²) in [6, 6.07) is 12.7. The van der Waals surface area contributed by atoms with E-state index in [1.165, 1.54) is 18.3 Å². The molecule has 1 aromatic heterocycles. The first-order valence-electron chi connectivity index (χ1n) is 8.24. The third-order valence-electron chi connectivity index (χ3n) is 3.36. The van der Waals surface area contributed by atoms with Gasteiger partial charge in [-0.15, -0.1) is 11.3 Å². The fourth-order valence-corrected chi connectivity index (χ4v) is 3.01. The molecule has 1 amide bonds. The predicted octanol–water partition coefficient (Wildman–Crippen LogP) is 2.62. The van der Waals surface area contributed by atoms with Crippen molar-refractivity contribution in [3.05, 3.63) is 52.2 Å². The van der Waals surface area contributed by atoms with Crippen LogP contribution in [0.4, 0.5) is 0 Å². The third-order valence-corrected chi connectivity index (χ3v) is 4.55. The Morgan fingerprint density at radius 1 is 1.08 bits per heavy atom. The van der Waals surface area contributed by atoms with Gasteiger partial charge in [0.25, 0.3) is 0 Å². The second kappa shape index (κ2) is 10.4. The fourth-order valence-electron chi connectivity index (χ4n) is 2.08. The number of rotatable bonds is 10. The maximum absolute atomic E-state index is 12.1. The molecule has 1 aromatic carbocycles. The first-order chi connectivity index (χ1) is 12.5. The van der Waals surface area contributed by atoms with Crippen LogP contribution in [0.2, 0.25) is 0 Å². The van der Waals surface area contributed by atoms with Gasteiger partial charge in [0, 0.05) is 18.3 Å². The summed E-state index contributed by atoms with van der Waals surface area (Å²) < 4.78 is 10.4.